The summed E-state index contributed by atoms with van der Waals surface area (Å²) in [5.74, 6) is 0.838. The minimum absolute atomic E-state index is 0.0762. The number of hydrogen-bond acceptors (Lipinski definition) is 4. The summed E-state index contributed by atoms with van der Waals surface area (Å²) in [5.41, 5.74) is 1.61. The Morgan fingerprint density at radius 3 is 3.11 bits per heavy atom. The molecular formula is C14H10N2O2S. The summed E-state index contributed by atoms with van der Waals surface area (Å²) in [7, 11) is 0. The van der Waals surface area contributed by atoms with Gasteiger partial charge in [-0.2, -0.15) is 0 Å². The van der Waals surface area contributed by atoms with Crippen LogP contribution in [0.3, 0.4) is 0 Å². The van der Waals surface area contributed by atoms with E-state index in [9.17, 15) is 9.90 Å². The van der Waals surface area contributed by atoms with Crippen molar-refractivity contribution in [3.05, 3.63) is 44.9 Å². The normalized spacial score (nSPS) is 13.3. The summed E-state index contributed by atoms with van der Waals surface area (Å²) < 4.78 is 1.71. The lowest BCUT2D eigenvalue weighted by atomic mass is 10.1. The van der Waals surface area contributed by atoms with Gasteiger partial charge in [0.15, 0.2) is 0 Å². The van der Waals surface area contributed by atoms with Gasteiger partial charge in [0.2, 0.25) is 0 Å². The van der Waals surface area contributed by atoms with Crippen molar-refractivity contribution in [3.63, 3.8) is 0 Å². The SMILES string of the molecule is O=c1c2cc(O)ccc2nc2n1CCc1sccc1-2. The van der Waals surface area contributed by atoms with E-state index in [0.29, 0.717) is 17.4 Å². The summed E-state index contributed by atoms with van der Waals surface area (Å²) in [6.07, 6.45) is 0.867. The monoisotopic (exact) mass is 270 g/mol. The van der Waals surface area contributed by atoms with Crippen molar-refractivity contribution < 1.29 is 5.11 Å². The summed E-state index contributed by atoms with van der Waals surface area (Å²) >= 11 is 1.71. The maximum absolute atomic E-state index is 12.5. The molecule has 0 fully saturated rings. The Hall–Kier alpha value is -2.14. The molecule has 2 aromatic heterocycles. The summed E-state index contributed by atoms with van der Waals surface area (Å²) in [4.78, 5) is 18.3. The molecule has 0 saturated carbocycles. The van der Waals surface area contributed by atoms with Crippen molar-refractivity contribution >= 4 is 22.2 Å². The third-order valence-corrected chi connectivity index (χ3v) is 4.47. The first-order valence-electron chi connectivity index (χ1n) is 6.04. The Bertz CT molecular complexity index is 863. The van der Waals surface area contributed by atoms with Gasteiger partial charge in [-0.05, 0) is 29.6 Å². The van der Waals surface area contributed by atoms with E-state index in [4.69, 9.17) is 0 Å². The van der Waals surface area contributed by atoms with Crippen LogP contribution >= 0.6 is 11.3 Å². The molecule has 0 unspecified atom stereocenters. The van der Waals surface area contributed by atoms with Gasteiger partial charge in [-0.25, -0.2) is 4.98 Å². The first-order valence-corrected chi connectivity index (χ1v) is 6.92. The minimum Gasteiger partial charge on any atom is -0.508 e. The number of phenols is 1. The summed E-state index contributed by atoms with van der Waals surface area (Å²) in [5, 5.41) is 12.0. The second kappa shape index (κ2) is 3.68. The molecular weight excluding hydrogens is 260 g/mol. The van der Waals surface area contributed by atoms with Crippen LogP contribution in [0.15, 0.2) is 34.4 Å². The number of phenolic OH excluding ortho intramolecular Hbond substituents is 1. The number of aromatic hydroxyl groups is 1. The van der Waals surface area contributed by atoms with Gasteiger partial charge in [-0.15, -0.1) is 11.3 Å². The average molecular weight is 270 g/mol. The first-order chi connectivity index (χ1) is 9.24. The predicted octanol–water partition coefficient (Wildman–Crippen LogP) is 2.39. The van der Waals surface area contributed by atoms with E-state index in [1.165, 1.54) is 10.9 Å². The lowest BCUT2D eigenvalue weighted by Crippen LogP contribution is -2.26. The van der Waals surface area contributed by atoms with E-state index < -0.39 is 0 Å². The quantitative estimate of drug-likeness (QED) is 0.682. The number of thiophene rings is 1. The first kappa shape index (κ1) is 10.8. The second-order valence-electron chi connectivity index (χ2n) is 4.60. The molecule has 0 amide bonds. The van der Waals surface area contributed by atoms with Crippen LogP contribution in [0.4, 0.5) is 0 Å². The molecule has 1 aliphatic heterocycles. The molecule has 0 saturated heterocycles. The number of benzene rings is 1. The van der Waals surface area contributed by atoms with Gasteiger partial charge in [0.1, 0.15) is 11.6 Å². The van der Waals surface area contributed by atoms with Crippen LogP contribution in [0.25, 0.3) is 22.3 Å². The van der Waals surface area contributed by atoms with Gasteiger partial charge >= 0.3 is 0 Å². The zero-order valence-electron chi connectivity index (χ0n) is 9.96. The van der Waals surface area contributed by atoms with Gasteiger partial charge in [0.05, 0.1) is 10.9 Å². The molecule has 0 aliphatic carbocycles. The number of fused-ring (bicyclic) bond motifs is 4. The summed E-state index contributed by atoms with van der Waals surface area (Å²) in [6, 6.07) is 6.75. The second-order valence-corrected chi connectivity index (χ2v) is 5.60. The fourth-order valence-corrected chi connectivity index (χ4v) is 3.43. The van der Waals surface area contributed by atoms with Gasteiger partial charge < -0.3 is 5.11 Å². The van der Waals surface area contributed by atoms with Crippen LogP contribution in [0, 0.1) is 0 Å². The van der Waals surface area contributed by atoms with Crippen LogP contribution in [0.1, 0.15) is 4.88 Å². The Kier molecular flexibility index (Phi) is 2.08. The highest BCUT2D eigenvalue weighted by molar-refractivity contribution is 7.10. The van der Waals surface area contributed by atoms with E-state index in [1.54, 1.807) is 28.0 Å². The molecule has 0 bridgehead atoms. The maximum atomic E-state index is 12.5. The zero-order valence-corrected chi connectivity index (χ0v) is 10.8. The smallest absolute Gasteiger partial charge is 0.261 e. The molecule has 1 aliphatic rings. The van der Waals surface area contributed by atoms with Crippen molar-refractivity contribution in [2.75, 3.05) is 0 Å². The fourth-order valence-electron chi connectivity index (χ4n) is 2.57. The van der Waals surface area contributed by atoms with Crippen LogP contribution in [0.5, 0.6) is 5.75 Å². The Labute approximate surface area is 112 Å². The average Bonchev–Trinajstić information content (AvgIpc) is 2.88. The van der Waals surface area contributed by atoms with Crippen molar-refractivity contribution in [1.29, 1.82) is 0 Å². The standard InChI is InChI=1S/C14H10N2O2S/c17-8-1-2-11-10(7-8)14(18)16-5-3-12-9(4-6-19-12)13(16)15-11/h1-2,4,6-7,17H,3,5H2. The zero-order chi connectivity index (χ0) is 13.0. The molecule has 0 atom stereocenters. The van der Waals surface area contributed by atoms with Crippen molar-refractivity contribution in [2.24, 2.45) is 0 Å². The number of aryl methyl sites for hydroxylation is 1. The molecule has 19 heavy (non-hydrogen) atoms. The highest BCUT2D eigenvalue weighted by Gasteiger charge is 2.20. The number of aromatic nitrogens is 2. The van der Waals surface area contributed by atoms with Crippen molar-refractivity contribution in [2.45, 2.75) is 13.0 Å². The minimum atomic E-state index is -0.0762. The molecule has 3 heterocycles. The van der Waals surface area contributed by atoms with Gasteiger partial charge in [-0.1, -0.05) is 0 Å². The lowest BCUT2D eigenvalue weighted by molar-refractivity contribution is 0.476. The molecule has 1 aromatic carbocycles. The van der Waals surface area contributed by atoms with E-state index in [1.807, 2.05) is 11.4 Å². The Balaban J connectivity index is 2.14. The molecule has 4 nitrogen and oxygen atoms in total. The third-order valence-electron chi connectivity index (χ3n) is 3.49. The Morgan fingerprint density at radius 2 is 2.21 bits per heavy atom. The van der Waals surface area contributed by atoms with Gasteiger partial charge in [0.25, 0.3) is 5.56 Å². The van der Waals surface area contributed by atoms with Crippen LogP contribution in [-0.2, 0) is 13.0 Å². The van der Waals surface area contributed by atoms with Crippen molar-refractivity contribution in [1.82, 2.24) is 9.55 Å². The molecule has 0 radical (unpaired) electrons. The van der Waals surface area contributed by atoms with Gasteiger partial charge in [0, 0.05) is 23.4 Å². The lowest BCUT2D eigenvalue weighted by Gasteiger charge is -2.18. The molecule has 3 aromatic rings. The van der Waals surface area contributed by atoms with E-state index in [0.717, 1.165) is 17.8 Å². The Morgan fingerprint density at radius 1 is 1.32 bits per heavy atom. The van der Waals surface area contributed by atoms with Crippen LogP contribution < -0.4 is 5.56 Å². The number of rotatable bonds is 0. The molecule has 5 heteroatoms. The number of nitrogens with zero attached hydrogens (tertiary/aromatic N) is 2. The maximum Gasteiger partial charge on any atom is 0.261 e. The van der Waals surface area contributed by atoms with Gasteiger partial charge in [-0.3, -0.25) is 9.36 Å². The van der Waals surface area contributed by atoms with E-state index >= 15 is 0 Å². The molecule has 1 N–H and O–H groups in total. The van der Waals surface area contributed by atoms with E-state index in [2.05, 4.69) is 4.98 Å². The summed E-state index contributed by atoms with van der Waals surface area (Å²) in [6.45, 7) is 0.653. The fraction of sp³-hybridized carbons (Fsp3) is 0.143. The largest absolute Gasteiger partial charge is 0.508 e. The van der Waals surface area contributed by atoms with Crippen molar-refractivity contribution in [3.8, 4) is 17.1 Å². The molecule has 94 valence electrons. The number of hydrogen-bond donors (Lipinski definition) is 1. The van der Waals surface area contributed by atoms with E-state index in [-0.39, 0.29) is 11.3 Å². The highest BCUT2D eigenvalue weighted by atomic mass is 32.1. The van der Waals surface area contributed by atoms with Crippen LogP contribution in [0.2, 0.25) is 0 Å². The molecule has 4 rings (SSSR count). The molecule has 0 spiro atoms. The highest BCUT2D eigenvalue weighted by Crippen LogP contribution is 2.31. The van der Waals surface area contributed by atoms with Crippen LogP contribution in [-0.4, -0.2) is 14.7 Å². The topological polar surface area (TPSA) is 55.1 Å². The third kappa shape index (κ3) is 1.45. The predicted molar refractivity (Wildman–Crippen MR) is 74.7 cm³/mol.